The lowest BCUT2D eigenvalue weighted by Gasteiger charge is -2.14. The third-order valence-corrected chi connectivity index (χ3v) is 2.35. The highest BCUT2D eigenvalue weighted by Gasteiger charge is 2.04. The zero-order chi connectivity index (χ0) is 11.8. The molecule has 0 aliphatic rings. The number of benzene rings is 1. The quantitative estimate of drug-likeness (QED) is 0.768. The Morgan fingerprint density at radius 3 is 2.88 bits per heavy atom. The predicted molar refractivity (Wildman–Crippen MR) is 65.8 cm³/mol. The minimum Gasteiger partial charge on any atom is -0.491 e. The highest BCUT2D eigenvalue weighted by molar-refractivity contribution is 5.28. The maximum Gasteiger partial charge on any atom is 0.120 e. The first kappa shape index (κ1) is 13.0. The molecular weight excluding hydrogens is 202 g/mol. The second kappa shape index (κ2) is 7.25. The number of nitrogens with one attached hydrogen (secondary N) is 1. The Morgan fingerprint density at radius 2 is 2.19 bits per heavy atom. The molecule has 1 unspecified atom stereocenters. The van der Waals surface area contributed by atoms with E-state index in [2.05, 4.69) is 24.4 Å². The van der Waals surface area contributed by atoms with E-state index in [-0.39, 0.29) is 6.10 Å². The van der Waals surface area contributed by atoms with Crippen LogP contribution in [0.4, 0.5) is 0 Å². The Hall–Kier alpha value is -1.06. The molecule has 3 nitrogen and oxygen atoms in total. The summed E-state index contributed by atoms with van der Waals surface area (Å²) in [4.78, 5) is 0. The molecule has 1 N–H and O–H groups in total. The number of hydrogen-bond donors (Lipinski definition) is 1. The van der Waals surface area contributed by atoms with Crippen molar-refractivity contribution in [2.75, 3.05) is 20.8 Å². The Kier molecular flexibility index (Phi) is 5.90. The fourth-order valence-corrected chi connectivity index (χ4v) is 1.51. The Balaban J connectivity index is 2.49. The molecule has 0 bridgehead atoms. The van der Waals surface area contributed by atoms with Crippen LogP contribution in [0.3, 0.4) is 0 Å². The molecule has 1 rings (SSSR count). The summed E-state index contributed by atoms with van der Waals surface area (Å²) in [5, 5.41) is 3.12. The normalized spacial score (nSPS) is 12.4. The lowest BCUT2D eigenvalue weighted by Crippen LogP contribution is -2.14. The van der Waals surface area contributed by atoms with Gasteiger partial charge >= 0.3 is 0 Å². The van der Waals surface area contributed by atoms with Crippen molar-refractivity contribution < 1.29 is 9.47 Å². The van der Waals surface area contributed by atoms with Crippen LogP contribution in [0.15, 0.2) is 24.3 Å². The fourth-order valence-electron chi connectivity index (χ4n) is 1.51. The minimum absolute atomic E-state index is 0.185. The summed E-state index contributed by atoms with van der Waals surface area (Å²) in [7, 11) is 3.65. The summed E-state index contributed by atoms with van der Waals surface area (Å²) in [5.41, 5.74) is 1.24. The van der Waals surface area contributed by atoms with E-state index in [1.807, 2.05) is 19.2 Å². The van der Waals surface area contributed by atoms with Gasteiger partial charge in [-0.15, -0.1) is 0 Å². The molecular formula is C13H21NO2. The van der Waals surface area contributed by atoms with E-state index in [0.717, 1.165) is 25.3 Å². The molecule has 0 amide bonds. The van der Waals surface area contributed by atoms with Crippen molar-refractivity contribution >= 4 is 0 Å². The van der Waals surface area contributed by atoms with Crippen molar-refractivity contribution in [3.05, 3.63) is 29.8 Å². The first-order chi connectivity index (χ1) is 7.76. The van der Waals surface area contributed by atoms with E-state index in [9.17, 15) is 0 Å². The zero-order valence-corrected chi connectivity index (χ0v) is 10.3. The van der Waals surface area contributed by atoms with Gasteiger partial charge in [0.1, 0.15) is 5.75 Å². The minimum atomic E-state index is 0.185. The van der Waals surface area contributed by atoms with Gasteiger partial charge in [-0.2, -0.15) is 0 Å². The first-order valence-corrected chi connectivity index (χ1v) is 5.65. The zero-order valence-electron chi connectivity index (χ0n) is 10.3. The average Bonchev–Trinajstić information content (AvgIpc) is 2.27. The summed E-state index contributed by atoms with van der Waals surface area (Å²) >= 11 is 0. The smallest absolute Gasteiger partial charge is 0.120 e. The lowest BCUT2D eigenvalue weighted by molar-refractivity contribution is 0.135. The topological polar surface area (TPSA) is 30.5 Å². The van der Waals surface area contributed by atoms with Crippen molar-refractivity contribution in [2.24, 2.45) is 0 Å². The number of rotatable bonds is 7. The molecule has 1 aromatic carbocycles. The van der Waals surface area contributed by atoms with Crippen LogP contribution in [0.5, 0.6) is 5.75 Å². The van der Waals surface area contributed by atoms with E-state index in [1.54, 1.807) is 7.11 Å². The second-order valence-electron chi connectivity index (χ2n) is 3.89. The third-order valence-electron chi connectivity index (χ3n) is 2.35. The Bertz CT molecular complexity index is 302. The molecule has 0 fully saturated rings. The highest BCUT2D eigenvalue weighted by Crippen LogP contribution is 2.15. The van der Waals surface area contributed by atoms with Crippen molar-refractivity contribution in [2.45, 2.75) is 26.0 Å². The lowest BCUT2D eigenvalue weighted by atomic mass is 10.2. The number of methoxy groups -OCH3 is 1. The van der Waals surface area contributed by atoms with Gasteiger partial charge in [0.05, 0.1) is 6.10 Å². The van der Waals surface area contributed by atoms with Crippen LogP contribution in [-0.2, 0) is 11.3 Å². The highest BCUT2D eigenvalue weighted by atomic mass is 16.5. The van der Waals surface area contributed by atoms with Crippen molar-refractivity contribution in [1.82, 2.24) is 5.32 Å². The summed E-state index contributed by atoms with van der Waals surface area (Å²) < 4.78 is 10.8. The van der Waals surface area contributed by atoms with Crippen molar-refractivity contribution in [1.29, 1.82) is 0 Å². The van der Waals surface area contributed by atoms with E-state index in [1.165, 1.54) is 5.56 Å². The molecule has 3 heteroatoms. The van der Waals surface area contributed by atoms with Crippen LogP contribution >= 0.6 is 0 Å². The molecule has 0 spiro atoms. The van der Waals surface area contributed by atoms with Gasteiger partial charge in [0, 0.05) is 26.7 Å². The molecule has 0 aromatic heterocycles. The third kappa shape index (κ3) is 4.64. The number of ether oxygens (including phenoxy) is 2. The molecule has 0 aliphatic carbocycles. The van der Waals surface area contributed by atoms with Crippen LogP contribution in [0, 0.1) is 0 Å². The van der Waals surface area contributed by atoms with Gasteiger partial charge in [-0.25, -0.2) is 0 Å². The second-order valence-corrected chi connectivity index (χ2v) is 3.89. The molecule has 0 saturated carbocycles. The average molecular weight is 223 g/mol. The summed E-state index contributed by atoms with van der Waals surface area (Å²) in [6, 6.07) is 8.16. The largest absolute Gasteiger partial charge is 0.491 e. The van der Waals surface area contributed by atoms with Gasteiger partial charge in [-0.3, -0.25) is 0 Å². The van der Waals surface area contributed by atoms with Crippen LogP contribution in [0.2, 0.25) is 0 Å². The van der Waals surface area contributed by atoms with Gasteiger partial charge in [-0.1, -0.05) is 12.1 Å². The number of hydrogen-bond acceptors (Lipinski definition) is 3. The van der Waals surface area contributed by atoms with Crippen LogP contribution in [0.1, 0.15) is 18.9 Å². The summed E-state index contributed by atoms with van der Waals surface area (Å²) in [6.45, 7) is 3.66. The van der Waals surface area contributed by atoms with Gasteiger partial charge in [0.25, 0.3) is 0 Å². The summed E-state index contributed by atoms with van der Waals surface area (Å²) in [6.07, 6.45) is 1.09. The van der Waals surface area contributed by atoms with Gasteiger partial charge in [0.2, 0.25) is 0 Å². The van der Waals surface area contributed by atoms with Crippen LogP contribution in [-0.4, -0.2) is 26.9 Å². The maximum atomic E-state index is 5.80. The summed E-state index contributed by atoms with van der Waals surface area (Å²) in [5.74, 6) is 0.927. The molecule has 0 radical (unpaired) electrons. The molecule has 0 heterocycles. The van der Waals surface area contributed by atoms with Crippen molar-refractivity contribution in [3.8, 4) is 5.75 Å². The first-order valence-electron chi connectivity index (χ1n) is 5.65. The molecule has 0 aliphatic heterocycles. The van der Waals surface area contributed by atoms with Gasteiger partial charge < -0.3 is 14.8 Å². The van der Waals surface area contributed by atoms with Crippen LogP contribution < -0.4 is 10.1 Å². The van der Waals surface area contributed by atoms with E-state index in [4.69, 9.17) is 9.47 Å². The monoisotopic (exact) mass is 223 g/mol. The molecule has 1 atom stereocenters. The molecule has 16 heavy (non-hydrogen) atoms. The Labute approximate surface area is 97.8 Å². The van der Waals surface area contributed by atoms with Gasteiger partial charge in [0.15, 0.2) is 0 Å². The van der Waals surface area contributed by atoms with E-state index in [0.29, 0.717) is 0 Å². The molecule has 1 aromatic rings. The standard InChI is InChI=1S/C13H21NO2/c1-11(7-8-15-3)16-13-6-4-5-12(9-13)10-14-2/h4-6,9,11,14H,7-8,10H2,1-3H3. The van der Waals surface area contributed by atoms with Gasteiger partial charge in [-0.05, 0) is 31.7 Å². The van der Waals surface area contributed by atoms with Crippen molar-refractivity contribution in [3.63, 3.8) is 0 Å². The SMILES string of the molecule is CNCc1cccc(OC(C)CCOC)c1. The molecule has 0 saturated heterocycles. The maximum absolute atomic E-state index is 5.80. The van der Waals surface area contributed by atoms with E-state index >= 15 is 0 Å². The Morgan fingerprint density at radius 1 is 1.38 bits per heavy atom. The molecule has 90 valence electrons. The van der Waals surface area contributed by atoms with E-state index < -0.39 is 0 Å². The predicted octanol–water partition coefficient (Wildman–Crippen LogP) is 2.21. The fraction of sp³-hybridized carbons (Fsp3) is 0.538. The van der Waals surface area contributed by atoms with Crippen LogP contribution in [0.25, 0.3) is 0 Å².